The van der Waals surface area contributed by atoms with Crippen molar-refractivity contribution in [2.75, 3.05) is 11.8 Å². The van der Waals surface area contributed by atoms with E-state index in [0.717, 1.165) is 18.2 Å². The Morgan fingerprint density at radius 1 is 1.16 bits per heavy atom. The number of hydrogen-bond acceptors (Lipinski definition) is 4. The average Bonchev–Trinajstić information content (AvgIpc) is 2.54. The fourth-order valence-electron chi connectivity index (χ4n) is 1.95. The zero-order valence-electron chi connectivity index (χ0n) is 12.6. The Labute approximate surface area is 146 Å². The molecule has 0 saturated carbocycles. The molecule has 0 atom stereocenters. The number of hydrogen-bond donors (Lipinski definition) is 1. The minimum absolute atomic E-state index is 0.182. The third kappa shape index (κ3) is 4.43. The highest BCUT2D eigenvalue weighted by molar-refractivity contribution is 7.92. The Kier molecular flexibility index (Phi) is 5.28. The monoisotopic (exact) mass is 393 g/mol. The van der Waals surface area contributed by atoms with E-state index < -0.39 is 31.9 Å². The lowest BCUT2D eigenvalue weighted by Crippen LogP contribution is -2.16. The molecule has 0 fully saturated rings. The van der Waals surface area contributed by atoms with Gasteiger partial charge >= 0.3 is 6.18 Å². The molecule has 25 heavy (non-hydrogen) atoms. The first-order valence-electron chi connectivity index (χ1n) is 6.62. The summed E-state index contributed by atoms with van der Waals surface area (Å²) in [5.41, 5.74) is -1.49. The Bertz CT molecular complexity index is 913. The van der Waals surface area contributed by atoms with Crippen molar-refractivity contribution in [2.24, 2.45) is 0 Å². The Hall–Kier alpha value is -2.26. The van der Waals surface area contributed by atoms with E-state index in [4.69, 9.17) is 16.3 Å². The normalized spacial score (nSPS) is 11.9. The summed E-state index contributed by atoms with van der Waals surface area (Å²) >= 11 is 5.42. The Morgan fingerprint density at radius 3 is 2.40 bits per heavy atom. The summed E-state index contributed by atoms with van der Waals surface area (Å²) in [5, 5.41) is -0.958. The quantitative estimate of drug-likeness (QED) is 0.782. The molecule has 0 spiro atoms. The summed E-state index contributed by atoms with van der Waals surface area (Å²) < 4.78 is 69.9. The van der Waals surface area contributed by atoms with Gasteiger partial charge in [-0.05, 0) is 48.0 Å². The van der Waals surface area contributed by atoms with Crippen LogP contribution in [0.5, 0.6) is 5.75 Å². The van der Waals surface area contributed by atoms with Crippen LogP contribution in [-0.2, 0) is 16.2 Å². The van der Waals surface area contributed by atoms with Crippen LogP contribution in [0.2, 0.25) is 0 Å². The fourth-order valence-corrected chi connectivity index (χ4v) is 3.23. The van der Waals surface area contributed by atoms with Crippen molar-refractivity contribution in [3.63, 3.8) is 0 Å². The number of nitrogens with one attached hydrogen (secondary N) is 1. The molecule has 0 amide bonds. The first-order chi connectivity index (χ1) is 11.5. The van der Waals surface area contributed by atoms with E-state index in [2.05, 4.69) is 4.72 Å². The molecule has 0 bridgehead atoms. The lowest BCUT2D eigenvalue weighted by Gasteiger charge is -2.13. The first-order valence-corrected chi connectivity index (χ1v) is 8.48. The number of sulfonamides is 1. The smallest absolute Gasteiger partial charge is 0.416 e. The number of methoxy groups -OCH3 is 1. The zero-order valence-corrected chi connectivity index (χ0v) is 14.2. The van der Waals surface area contributed by atoms with Crippen LogP contribution in [0.15, 0.2) is 47.4 Å². The van der Waals surface area contributed by atoms with Gasteiger partial charge in [-0.3, -0.25) is 9.52 Å². The van der Waals surface area contributed by atoms with Gasteiger partial charge in [0.25, 0.3) is 15.3 Å². The number of benzene rings is 2. The SMILES string of the molecule is COc1ccc(NS(=O)(=O)c2cccc(C(F)(F)F)c2)c(C(=O)Cl)c1. The summed E-state index contributed by atoms with van der Waals surface area (Å²) in [6, 6.07) is 7.02. The van der Waals surface area contributed by atoms with Gasteiger partial charge in [-0.25, -0.2) is 8.42 Å². The van der Waals surface area contributed by atoms with E-state index in [1.165, 1.54) is 25.3 Å². The second-order valence-electron chi connectivity index (χ2n) is 4.82. The molecule has 0 aliphatic rings. The number of carbonyl (C=O) groups excluding carboxylic acids is 1. The summed E-state index contributed by atoms with van der Waals surface area (Å²) in [6.07, 6.45) is -4.69. The number of anilines is 1. The minimum atomic E-state index is -4.69. The van der Waals surface area contributed by atoms with Gasteiger partial charge in [0.2, 0.25) is 0 Å². The maximum atomic E-state index is 12.7. The van der Waals surface area contributed by atoms with Crippen LogP contribution < -0.4 is 9.46 Å². The molecular formula is C15H11ClF3NO4S. The maximum absolute atomic E-state index is 12.7. The fraction of sp³-hybridized carbons (Fsp3) is 0.133. The molecule has 5 nitrogen and oxygen atoms in total. The van der Waals surface area contributed by atoms with Crippen molar-refractivity contribution >= 4 is 32.6 Å². The summed E-state index contributed by atoms with van der Waals surface area (Å²) in [6.45, 7) is 0. The van der Waals surface area contributed by atoms with Gasteiger partial charge < -0.3 is 4.74 Å². The van der Waals surface area contributed by atoms with Gasteiger partial charge in [-0.1, -0.05) is 6.07 Å². The number of carbonyl (C=O) groups is 1. The van der Waals surface area contributed by atoms with E-state index in [-0.39, 0.29) is 17.0 Å². The van der Waals surface area contributed by atoms with Crippen LogP contribution in [0.3, 0.4) is 0 Å². The van der Waals surface area contributed by atoms with Crippen molar-refractivity contribution < 1.29 is 31.1 Å². The molecule has 0 aliphatic heterocycles. The highest BCUT2D eigenvalue weighted by atomic mass is 35.5. The van der Waals surface area contributed by atoms with Crippen LogP contribution in [0.4, 0.5) is 18.9 Å². The molecule has 0 aromatic heterocycles. The maximum Gasteiger partial charge on any atom is 0.416 e. The van der Waals surface area contributed by atoms with Gasteiger partial charge in [0.15, 0.2) is 0 Å². The van der Waals surface area contributed by atoms with E-state index in [9.17, 15) is 26.4 Å². The van der Waals surface area contributed by atoms with Gasteiger partial charge in [-0.15, -0.1) is 0 Å². The van der Waals surface area contributed by atoms with Gasteiger partial charge in [-0.2, -0.15) is 13.2 Å². The number of halogens is 4. The van der Waals surface area contributed by atoms with E-state index in [0.29, 0.717) is 6.07 Å². The van der Waals surface area contributed by atoms with Crippen LogP contribution >= 0.6 is 11.6 Å². The third-order valence-corrected chi connectivity index (χ3v) is 4.72. The molecule has 0 saturated heterocycles. The largest absolute Gasteiger partial charge is 0.497 e. The summed E-state index contributed by atoms with van der Waals surface area (Å²) in [5.74, 6) is 0.256. The second kappa shape index (κ2) is 6.93. The lowest BCUT2D eigenvalue weighted by molar-refractivity contribution is -0.137. The van der Waals surface area contributed by atoms with Gasteiger partial charge in [0.1, 0.15) is 5.75 Å². The molecule has 2 aromatic carbocycles. The molecule has 10 heteroatoms. The molecule has 1 N–H and O–H groups in total. The standard InChI is InChI=1S/C15H11ClF3NO4S/c1-24-10-5-6-13(12(8-10)14(16)21)20-25(22,23)11-4-2-3-9(7-11)15(17,18)19/h2-8,20H,1H3. The average molecular weight is 394 g/mol. The highest BCUT2D eigenvalue weighted by Gasteiger charge is 2.31. The van der Waals surface area contributed by atoms with E-state index >= 15 is 0 Å². The molecule has 0 radical (unpaired) electrons. The molecule has 0 aliphatic carbocycles. The second-order valence-corrected chi connectivity index (χ2v) is 6.84. The molecule has 134 valence electrons. The van der Waals surface area contributed by atoms with Crippen molar-refractivity contribution in [1.29, 1.82) is 0 Å². The van der Waals surface area contributed by atoms with Crippen molar-refractivity contribution in [3.05, 3.63) is 53.6 Å². The topological polar surface area (TPSA) is 72.5 Å². The van der Waals surface area contributed by atoms with Crippen LogP contribution in [-0.4, -0.2) is 20.8 Å². The molecule has 0 unspecified atom stereocenters. The molecule has 2 rings (SSSR count). The molecule has 0 heterocycles. The number of alkyl halides is 3. The third-order valence-electron chi connectivity index (χ3n) is 3.15. The Balaban J connectivity index is 2.45. The number of ether oxygens (including phenoxy) is 1. The zero-order chi connectivity index (χ0) is 18.8. The first kappa shape index (κ1) is 19.1. The van der Waals surface area contributed by atoms with Crippen LogP contribution in [0.25, 0.3) is 0 Å². The molecular weight excluding hydrogens is 383 g/mol. The lowest BCUT2D eigenvalue weighted by atomic mass is 10.2. The number of rotatable bonds is 5. The van der Waals surface area contributed by atoms with Crippen LogP contribution in [0, 0.1) is 0 Å². The van der Waals surface area contributed by atoms with E-state index in [1.807, 2.05) is 0 Å². The van der Waals surface area contributed by atoms with Gasteiger partial charge in [0.05, 0.1) is 28.8 Å². The van der Waals surface area contributed by atoms with Crippen molar-refractivity contribution in [3.8, 4) is 5.75 Å². The van der Waals surface area contributed by atoms with Crippen molar-refractivity contribution in [2.45, 2.75) is 11.1 Å². The van der Waals surface area contributed by atoms with E-state index in [1.54, 1.807) is 0 Å². The predicted molar refractivity (Wildman–Crippen MR) is 85.4 cm³/mol. The van der Waals surface area contributed by atoms with Crippen LogP contribution in [0.1, 0.15) is 15.9 Å². The predicted octanol–water partition coefficient (Wildman–Crippen LogP) is 3.89. The Morgan fingerprint density at radius 2 is 1.84 bits per heavy atom. The van der Waals surface area contributed by atoms with Gasteiger partial charge in [0, 0.05) is 0 Å². The summed E-state index contributed by atoms with van der Waals surface area (Å²) in [4.78, 5) is 10.9. The highest BCUT2D eigenvalue weighted by Crippen LogP contribution is 2.31. The minimum Gasteiger partial charge on any atom is -0.497 e. The summed E-state index contributed by atoms with van der Waals surface area (Å²) in [7, 11) is -3.04. The van der Waals surface area contributed by atoms with Crippen molar-refractivity contribution in [1.82, 2.24) is 0 Å². The molecule has 2 aromatic rings.